The molecular formula is C18H14N6O3. The minimum absolute atomic E-state index is 0.223. The van der Waals surface area contributed by atoms with Crippen molar-refractivity contribution in [3.05, 3.63) is 72.4 Å². The molecule has 0 aliphatic heterocycles. The molecule has 1 N–H and O–H groups in total. The molecule has 0 aliphatic rings. The summed E-state index contributed by atoms with van der Waals surface area (Å²) in [5, 5.41) is 18.6. The van der Waals surface area contributed by atoms with Crippen molar-refractivity contribution in [2.24, 2.45) is 0 Å². The highest BCUT2D eigenvalue weighted by atomic mass is 16.5. The quantitative estimate of drug-likeness (QED) is 0.581. The van der Waals surface area contributed by atoms with Crippen LogP contribution in [0.25, 0.3) is 5.82 Å². The van der Waals surface area contributed by atoms with Gasteiger partial charge in [0, 0.05) is 30.2 Å². The SMILES string of the molecule is Cc1cc(C(=O)Nc2ccc(Oc3ccc(-n4cccn4)nn3)cc2)no1. The molecule has 0 aliphatic carbocycles. The predicted molar refractivity (Wildman–Crippen MR) is 94.9 cm³/mol. The zero-order chi connectivity index (χ0) is 18.6. The number of amides is 1. The van der Waals surface area contributed by atoms with Crippen molar-refractivity contribution in [2.45, 2.75) is 6.92 Å². The molecule has 0 radical (unpaired) electrons. The molecule has 0 saturated carbocycles. The molecule has 1 aromatic carbocycles. The van der Waals surface area contributed by atoms with Crippen molar-refractivity contribution in [2.75, 3.05) is 5.32 Å². The van der Waals surface area contributed by atoms with Crippen LogP contribution in [0.4, 0.5) is 5.69 Å². The smallest absolute Gasteiger partial charge is 0.277 e. The van der Waals surface area contributed by atoms with Crippen LogP contribution < -0.4 is 10.1 Å². The topological polar surface area (TPSA) is 108 Å². The third kappa shape index (κ3) is 3.82. The minimum atomic E-state index is -0.347. The van der Waals surface area contributed by atoms with Gasteiger partial charge in [-0.15, -0.1) is 10.2 Å². The molecule has 0 spiro atoms. The van der Waals surface area contributed by atoms with Crippen LogP contribution in [-0.2, 0) is 0 Å². The second-order valence-corrected chi connectivity index (χ2v) is 5.58. The van der Waals surface area contributed by atoms with E-state index < -0.39 is 0 Å². The van der Waals surface area contributed by atoms with Crippen molar-refractivity contribution < 1.29 is 14.1 Å². The van der Waals surface area contributed by atoms with Crippen LogP contribution in [0.3, 0.4) is 0 Å². The van der Waals surface area contributed by atoms with Gasteiger partial charge in [-0.1, -0.05) is 5.16 Å². The molecule has 4 rings (SSSR count). The summed E-state index contributed by atoms with van der Waals surface area (Å²) in [6, 6.07) is 13.7. The van der Waals surface area contributed by atoms with E-state index >= 15 is 0 Å². The number of aromatic nitrogens is 5. The molecule has 3 aromatic heterocycles. The molecule has 134 valence electrons. The summed E-state index contributed by atoms with van der Waals surface area (Å²) in [4.78, 5) is 12.0. The van der Waals surface area contributed by atoms with Crippen LogP contribution in [0.1, 0.15) is 16.2 Å². The number of anilines is 1. The zero-order valence-electron chi connectivity index (χ0n) is 14.2. The Hall–Kier alpha value is -4.01. The molecule has 9 nitrogen and oxygen atoms in total. The predicted octanol–water partition coefficient (Wildman–Crippen LogP) is 3.00. The second-order valence-electron chi connectivity index (χ2n) is 5.58. The van der Waals surface area contributed by atoms with E-state index in [1.54, 1.807) is 72.5 Å². The lowest BCUT2D eigenvalue weighted by Crippen LogP contribution is -2.11. The van der Waals surface area contributed by atoms with E-state index in [0.717, 1.165) is 0 Å². The fourth-order valence-corrected chi connectivity index (χ4v) is 2.29. The zero-order valence-corrected chi connectivity index (χ0v) is 14.2. The molecule has 4 aromatic rings. The van der Waals surface area contributed by atoms with Crippen molar-refractivity contribution in [3.8, 4) is 17.4 Å². The highest BCUT2D eigenvalue weighted by Crippen LogP contribution is 2.21. The van der Waals surface area contributed by atoms with Gasteiger partial charge in [-0.25, -0.2) is 4.68 Å². The van der Waals surface area contributed by atoms with Crippen LogP contribution in [0.5, 0.6) is 11.6 Å². The number of nitrogens with zero attached hydrogens (tertiary/aromatic N) is 5. The van der Waals surface area contributed by atoms with Crippen molar-refractivity contribution in [3.63, 3.8) is 0 Å². The number of nitrogens with one attached hydrogen (secondary N) is 1. The van der Waals surface area contributed by atoms with E-state index in [1.165, 1.54) is 0 Å². The van der Waals surface area contributed by atoms with Crippen molar-refractivity contribution >= 4 is 11.6 Å². The maximum atomic E-state index is 12.0. The number of hydrogen-bond donors (Lipinski definition) is 1. The van der Waals surface area contributed by atoms with E-state index in [1.807, 2.05) is 0 Å². The summed E-state index contributed by atoms with van der Waals surface area (Å²) >= 11 is 0. The monoisotopic (exact) mass is 362 g/mol. The Morgan fingerprint density at radius 1 is 1.15 bits per heavy atom. The van der Waals surface area contributed by atoms with Gasteiger partial charge in [0.05, 0.1) is 0 Å². The van der Waals surface area contributed by atoms with Crippen LogP contribution in [0.2, 0.25) is 0 Å². The highest BCUT2D eigenvalue weighted by Gasteiger charge is 2.11. The van der Waals surface area contributed by atoms with E-state index in [4.69, 9.17) is 9.26 Å². The first-order valence-corrected chi connectivity index (χ1v) is 8.04. The molecule has 0 unspecified atom stereocenters. The van der Waals surface area contributed by atoms with Crippen molar-refractivity contribution in [1.29, 1.82) is 0 Å². The fourth-order valence-electron chi connectivity index (χ4n) is 2.29. The highest BCUT2D eigenvalue weighted by molar-refractivity contribution is 6.02. The van der Waals surface area contributed by atoms with Gasteiger partial charge in [0.1, 0.15) is 11.5 Å². The van der Waals surface area contributed by atoms with Gasteiger partial charge in [-0.05, 0) is 43.3 Å². The fraction of sp³-hybridized carbons (Fsp3) is 0.0556. The molecule has 0 saturated heterocycles. The summed E-state index contributed by atoms with van der Waals surface area (Å²) in [5.41, 5.74) is 0.827. The molecular weight excluding hydrogens is 348 g/mol. The Bertz CT molecular complexity index is 1040. The number of aryl methyl sites for hydroxylation is 1. The Balaban J connectivity index is 1.39. The molecule has 0 bridgehead atoms. The van der Waals surface area contributed by atoms with Crippen molar-refractivity contribution in [1.82, 2.24) is 25.1 Å². The van der Waals surface area contributed by atoms with Crippen LogP contribution in [-0.4, -0.2) is 31.0 Å². The first kappa shape index (κ1) is 16.5. The summed E-state index contributed by atoms with van der Waals surface area (Å²) in [7, 11) is 0. The van der Waals surface area contributed by atoms with Gasteiger partial charge in [-0.3, -0.25) is 4.79 Å². The Labute approximate surface area is 153 Å². The van der Waals surface area contributed by atoms with Crippen LogP contribution >= 0.6 is 0 Å². The maximum Gasteiger partial charge on any atom is 0.277 e. The van der Waals surface area contributed by atoms with Gasteiger partial charge in [0.15, 0.2) is 11.5 Å². The molecule has 27 heavy (non-hydrogen) atoms. The molecule has 3 heterocycles. The number of rotatable bonds is 5. The molecule has 0 fully saturated rings. The maximum absolute atomic E-state index is 12.0. The summed E-state index contributed by atoms with van der Waals surface area (Å²) in [5.74, 6) is 1.73. The summed E-state index contributed by atoms with van der Waals surface area (Å²) < 4.78 is 12.1. The summed E-state index contributed by atoms with van der Waals surface area (Å²) in [6.45, 7) is 1.72. The van der Waals surface area contributed by atoms with Crippen LogP contribution in [0, 0.1) is 6.92 Å². The number of carbonyl (C=O) groups is 1. The largest absolute Gasteiger partial charge is 0.438 e. The lowest BCUT2D eigenvalue weighted by Gasteiger charge is -2.07. The van der Waals surface area contributed by atoms with Gasteiger partial charge in [-0.2, -0.15) is 5.10 Å². The van der Waals surface area contributed by atoms with Gasteiger partial charge >= 0.3 is 0 Å². The molecule has 1 amide bonds. The third-order valence-corrected chi connectivity index (χ3v) is 3.56. The number of carbonyl (C=O) groups excluding carboxylic acids is 1. The standard InChI is InChI=1S/C18H14N6O3/c1-12-11-15(23-27-12)18(25)20-13-3-5-14(6-4-13)26-17-8-7-16(21-22-17)24-10-2-9-19-24/h2-11H,1H3,(H,20,25). The number of hydrogen-bond acceptors (Lipinski definition) is 7. The number of benzene rings is 1. The first-order valence-electron chi connectivity index (χ1n) is 8.04. The van der Waals surface area contributed by atoms with Crippen LogP contribution in [0.15, 0.2) is 65.4 Å². The van der Waals surface area contributed by atoms with Gasteiger partial charge in [0.25, 0.3) is 5.91 Å². The summed E-state index contributed by atoms with van der Waals surface area (Å²) in [6.07, 6.45) is 3.44. The Kier molecular flexibility index (Phi) is 4.32. The molecule has 0 atom stereocenters. The Morgan fingerprint density at radius 3 is 2.63 bits per heavy atom. The third-order valence-electron chi connectivity index (χ3n) is 3.56. The lowest BCUT2D eigenvalue weighted by atomic mass is 10.3. The average molecular weight is 362 g/mol. The Morgan fingerprint density at radius 2 is 2.00 bits per heavy atom. The second kappa shape index (κ2) is 7.08. The van der Waals surface area contributed by atoms with Gasteiger partial charge < -0.3 is 14.6 Å². The normalized spacial score (nSPS) is 10.6. The lowest BCUT2D eigenvalue weighted by molar-refractivity contribution is 0.101. The van der Waals surface area contributed by atoms with E-state index in [0.29, 0.717) is 28.9 Å². The van der Waals surface area contributed by atoms with E-state index in [2.05, 4.69) is 25.8 Å². The minimum Gasteiger partial charge on any atom is -0.438 e. The van der Waals surface area contributed by atoms with Gasteiger partial charge in [0.2, 0.25) is 5.88 Å². The average Bonchev–Trinajstić information content (AvgIpc) is 3.36. The van der Waals surface area contributed by atoms with E-state index in [9.17, 15) is 4.79 Å². The number of ether oxygens (including phenoxy) is 1. The molecule has 9 heteroatoms. The van der Waals surface area contributed by atoms with E-state index in [-0.39, 0.29) is 11.6 Å². The first-order chi connectivity index (χ1) is 13.2.